The fourth-order valence-corrected chi connectivity index (χ4v) is 3.59. The first-order valence-corrected chi connectivity index (χ1v) is 10.8. The van der Waals surface area contributed by atoms with Crippen molar-refractivity contribution >= 4 is 17.7 Å². The van der Waals surface area contributed by atoms with Gasteiger partial charge in [-0.3, -0.25) is 4.79 Å². The standard InChI is InChI=1S/C24H31N3O4/c1-30-22-11-9-21(10-12-22)27-16-13-20(14-17-27)26-23(28)8-5-15-25-24(29)31-18-19-6-3-2-4-7-19/h2-4,6-7,9-12,20H,5,8,13-18H2,1H3,(H,25,29)(H,26,28). The lowest BCUT2D eigenvalue weighted by atomic mass is 10.0. The highest BCUT2D eigenvalue weighted by molar-refractivity contribution is 5.76. The molecular formula is C24H31N3O4. The second kappa shape index (κ2) is 11.8. The highest BCUT2D eigenvalue weighted by Gasteiger charge is 2.20. The number of alkyl carbamates (subject to hydrolysis) is 1. The molecule has 0 spiro atoms. The number of nitrogens with zero attached hydrogens (tertiary/aromatic N) is 1. The van der Waals surface area contributed by atoms with Crippen LogP contribution in [0.3, 0.4) is 0 Å². The maximum absolute atomic E-state index is 12.2. The monoisotopic (exact) mass is 425 g/mol. The molecule has 1 saturated heterocycles. The average molecular weight is 426 g/mol. The molecule has 3 rings (SSSR count). The predicted octanol–water partition coefficient (Wildman–Crippen LogP) is 3.49. The molecule has 0 saturated carbocycles. The number of nitrogens with one attached hydrogen (secondary N) is 2. The van der Waals surface area contributed by atoms with E-state index in [1.54, 1.807) is 7.11 Å². The van der Waals surface area contributed by atoms with Crippen molar-refractivity contribution in [2.24, 2.45) is 0 Å². The lowest BCUT2D eigenvalue weighted by molar-refractivity contribution is -0.122. The molecule has 2 aromatic rings. The average Bonchev–Trinajstić information content (AvgIpc) is 2.82. The van der Waals surface area contributed by atoms with Crippen molar-refractivity contribution in [3.05, 3.63) is 60.2 Å². The number of hydrogen-bond acceptors (Lipinski definition) is 5. The molecule has 0 radical (unpaired) electrons. The molecule has 1 aliphatic rings. The van der Waals surface area contributed by atoms with Crippen LogP contribution >= 0.6 is 0 Å². The molecule has 0 bridgehead atoms. The van der Waals surface area contributed by atoms with Gasteiger partial charge >= 0.3 is 6.09 Å². The van der Waals surface area contributed by atoms with E-state index in [1.807, 2.05) is 42.5 Å². The Hall–Kier alpha value is -3.22. The minimum absolute atomic E-state index is 0.0300. The lowest BCUT2D eigenvalue weighted by Gasteiger charge is -2.34. The summed E-state index contributed by atoms with van der Waals surface area (Å²) in [6.45, 7) is 2.47. The molecule has 7 nitrogen and oxygen atoms in total. The van der Waals surface area contributed by atoms with E-state index < -0.39 is 6.09 Å². The molecule has 1 aliphatic heterocycles. The molecule has 2 N–H and O–H groups in total. The molecule has 0 atom stereocenters. The van der Waals surface area contributed by atoms with Gasteiger partial charge in [0.25, 0.3) is 0 Å². The van der Waals surface area contributed by atoms with Crippen LogP contribution in [0.25, 0.3) is 0 Å². The normalized spacial score (nSPS) is 14.0. The second-order valence-electron chi connectivity index (χ2n) is 7.62. The first-order valence-electron chi connectivity index (χ1n) is 10.8. The maximum atomic E-state index is 12.2. The summed E-state index contributed by atoms with van der Waals surface area (Å²) in [5, 5.41) is 5.80. The number of ether oxygens (including phenoxy) is 2. The Bertz CT molecular complexity index is 818. The SMILES string of the molecule is COc1ccc(N2CCC(NC(=O)CCCNC(=O)OCc3ccccc3)CC2)cc1. The van der Waals surface area contributed by atoms with Crippen molar-refractivity contribution in [1.82, 2.24) is 10.6 Å². The molecule has 0 aromatic heterocycles. The molecule has 1 fully saturated rings. The van der Waals surface area contributed by atoms with Gasteiger partial charge in [0.1, 0.15) is 12.4 Å². The highest BCUT2D eigenvalue weighted by Crippen LogP contribution is 2.22. The van der Waals surface area contributed by atoms with Crippen molar-refractivity contribution in [2.45, 2.75) is 38.3 Å². The number of piperidine rings is 1. The maximum Gasteiger partial charge on any atom is 0.407 e. The summed E-state index contributed by atoms with van der Waals surface area (Å²) in [5.74, 6) is 0.882. The Morgan fingerprint density at radius 3 is 2.42 bits per heavy atom. The fraction of sp³-hybridized carbons (Fsp3) is 0.417. The van der Waals surface area contributed by atoms with E-state index in [9.17, 15) is 9.59 Å². The number of carbonyl (C=O) groups is 2. The topological polar surface area (TPSA) is 79.9 Å². The van der Waals surface area contributed by atoms with Gasteiger partial charge in [0.15, 0.2) is 0 Å². The van der Waals surface area contributed by atoms with Gasteiger partial charge in [-0.1, -0.05) is 30.3 Å². The molecular weight excluding hydrogens is 394 g/mol. The Kier molecular flexibility index (Phi) is 8.58. The number of amides is 2. The van der Waals surface area contributed by atoms with E-state index in [0.29, 0.717) is 19.4 Å². The summed E-state index contributed by atoms with van der Waals surface area (Å²) in [6, 6.07) is 17.8. The van der Waals surface area contributed by atoms with Crippen LogP contribution in [0.15, 0.2) is 54.6 Å². The number of carbonyl (C=O) groups excluding carboxylic acids is 2. The zero-order valence-corrected chi connectivity index (χ0v) is 18.0. The quantitative estimate of drug-likeness (QED) is 0.601. The molecule has 2 amide bonds. The van der Waals surface area contributed by atoms with E-state index >= 15 is 0 Å². The molecule has 7 heteroatoms. The van der Waals surface area contributed by atoms with E-state index in [2.05, 4.69) is 27.7 Å². The van der Waals surface area contributed by atoms with Gasteiger partial charge in [0.2, 0.25) is 5.91 Å². The van der Waals surface area contributed by atoms with Crippen molar-refractivity contribution in [3.63, 3.8) is 0 Å². The van der Waals surface area contributed by atoms with Crippen LogP contribution in [0.4, 0.5) is 10.5 Å². The lowest BCUT2D eigenvalue weighted by Crippen LogP contribution is -2.44. The minimum Gasteiger partial charge on any atom is -0.497 e. The largest absolute Gasteiger partial charge is 0.497 e. The van der Waals surface area contributed by atoms with Crippen LogP contribution < -0.4 is 20.3 Å². The molecule has 1 heterocycles. The van der Waals surface area contributed by atoms with Crippen LogP contribution in [0.1, 0.15) is 31.2 Å². The summed E-state index contributed by atoms with van der Waals surface area (Å²) in [6.07, 6.45) is 2.34. The molecule has 2 aromatic carbocycles. The van der Waals surface area contributed by atoms with Gasteiger partial charge in [-0.05, 0) is 49.1 Å². The van der Waals surface area contributed by atoms with Gasteiger partial charge in [-0.2, -0.15) is 0 Å². The fourth-order valence-electron chi connectivity index (χ4n) is 3.59. The van der Waals surface area contributed by atoms with Gasteiger partial charge in [0.05, 0.1) is 7.11 Å². The summed E-state index contributed by atoms with van der Waals surface area (Å²) >= 11 is 0. The Morgan fingerprint density at radius 2 is 1.74 bits per heavy atom. The predicted molar refractivity (Wildman–Crippen MR) is 120 cm³/mol. The van der Waals surface area contributed by atoms with E-state index in [-0.39, 0.29) is 18.6 Å². The van der Waals surface area contributed by atoms with Crippen molar-refractivity contribution in [1.29, 1.82) is 0 Å². The van der Waals surface area contributed by atoms with Crippen LogP contribution in [-0.4, -0.2) is 44.8 Å². The third kappa shape index (κ3) is 7.51. The van der Waals surface area contributed by atoms with E-state index in [4.69, 9.17) is 9.47 Å². The van der Waals surface area contributed by atoms with Crippen molar-refractivity contribution in [2.75, 3.05) is 31.6 Å². The smallest absolute Gasteiger partial charge is 0.407 e. The number of anilines is 1. The van der Waals surface area contributed by atoms with Crippen LogP contribution in [0, 0.1) is 0 Å². The molecule has 0 unspecified atom stereocenters. The number of rotatable bonds is 9. The van der Waals surface area contributed by atoms with Gasteiger partial charge in [-0.25, -0.2) is 4.79 Å². The summed E-state index contributed by atoms with van der Waals surface area (Å²) in [4.78, 5) is 26.2. The van der Waals surface area contributed by atoms with E-state index in [1.165, 1.54) is 5.69 Å². The number of hydrogen-bond donors (Lipinski definition) is 2. The van der Waals surface area contributed by atoms with Gasteiger partial charge in [-0.15, -0.1) is 0 Å². The van der Waals surface area contributed by atoms with Gasteiger partial charge in [0, 0.05) is 37.8 Å². The third-order valence-corrected chi connectivity index (χ3v) is 5.36. The summed E-state index contributed by atoms with van der Waals surface area (Å²) in [7, 11) is 1.66. The highest BCUT2D eigenvalue weighted by atomic mass is 16.5. The Morgan fingerprint density at radius 1 is 1.03 bits per heavy atom. The van der Waals surface area contributed by atoms with Crippen LogP contribution in [0.5, 0.6) is 5.75 Å². The third-order valence-electron chi connectivity index (χ3n) is 5.36. The summed E-state index contributed by atoms with van der Waals surface area (Å²) < 4.78 is 10.4. The first kappa shape index (κ1) is 22.5. The Balaban J connectivity index is 1.26. The molecule has 31 heavy (non-hydrogen) atoms. The number of benzene rings is 2. The van der Waals surface area contributed by atoms with Crippen molar-refractivity contribution in [3.8, 4) is 5.75 Å². The van der Waals surface area contributed by atoms with Crippen LogP contribution in [0.2, 0.25) is 0 Å². The zero-order chi connectivity index (χ0) is 21.9. The van der Waals surface area contributed by atoms with E-state index in [0.717, 1.165) is 37.2 Å². The molecule has 166 valence electrons. The zero-order valence-electron chi connectivity index (χ0n) is 18.0. The van der Waals surface area contributed by atoms with Gasteiger partial charge < -0.3 is 25.0 Å². The second-order valence-corrected chi connectivity index (χ2v) is 7.62. The van der Waals surface area contributed by atoms with Crippen LogP contribution in [-0.2, 0) is 16.1 Å². The van der Waals surface area contributed by atoms with Crippen molar-refractivity contribution < 1.29 is 19.1 Å². The summed E-state index contributed by atoms with van der Waals surface area (Å²) in [5.41, 5.74) is 2.12. The number of methoxy groups -OCH3 is 1. The Labute approximate surface area is 183 Å². The minimum atomic E-state index is -0.463. The molecule has 0 aliphatic carbocycles. The first-order chi connectivity index (χ1) is 15.1.